The molecule has 0 bridgehead atoms. The number of aryl methyl sites for hydroxylation is 1. The van der Waals surface area contributed by atoms with Gasteiger partial charge in [-0.15, -0.1) is 11.3 Å². The second-order valence-electron chi connectivity index (χ2n) is 5.43. The zero-order valence-corrected chi connectivity index (χ0v) is 14.9. The molecule has 0 spiro atoms. The molecule has 0 saturated heterocycles. The second-order valence-corrected chi connectivity index (χ2v) is 8.31. The minimum absolute atomic E-state index is 0.117. The standard InChI is InChI=1S/C16H15N3O4S2/c1-11-6-7-12(10-14(11)19(20)21)25(22,23)17-9-8-16-18-13-4-2-3-5-15(13)24-16/h2-7,10,17H,8-9H2,1H3. The minimum atomic E-state index is -3.81. The molecule has 0 aliphatic carbocycles. The number of benzene rings is 2. The predicted molar refractivity (Wildman–Crippen MR) is 96.3 cm³/mol. The third-order valence-electron chi connectivity index (χ3n) is 3.66. The van der Waals surface area contributed by atoms with Crippen molar-refractivity contribution >= 4 is 37.3 Å². The van der Waals surface area contributed by atoms with E-state index < -0.39 is 14.9 Å². The highest BCUT2D eigenvalue weighted by atomic mass is 32.2. The first-order chi connectivity index (χ1) is 11.9. The summed E-state index contributed by atoms with van der Waals surface area (Å²) in [5.41, 5.74) is 1.09. The summed E-state index contributed by atoms with van der Waals surface area (Å²) in [7, 11) is -3.81. The number of thiazole rings is 1. The number of aromatic nitrogens is 1. The van der Waals surface area contributed by atoms with Crippen molar-refractivity contribution in [2.75, 3.05) is 6.54 Å². The normalized spacial score (nSPS) is 11.7. The van der Waals surface area contributed by atoms with E-state index in [9.17, 15) is 18.5 Å². The van der Waals surface area contributed by atoms with Crippen LogP contribution in [-0.2, 0) is 16.4 Å². The van der Waals surface area contributed by atoms with Gasteiger partial charge >= 0.3 is 0 Å². The van der Waals surface area contributed by atoms with Gasteiger partial charge in [0.2, 0.25) is 10.0 Å². The lowest BCUT2D eigenvalue weighted by Gasteiger charge is -2.06. The first kappa shape index (κ1) is 17.5. The molecule has 1 heterocycles. The molecule has 1 N–H and O–H groups in total. The van der Waals surface area contributed by atoms with Gasteiger partial charge in [0, 0.05) is 24.6 Å². The van der Waals surface area contributed by atoms with Gasteiger partial charge in [0.25, 0.3) is 5.69 Å². The van der Waals surface area contributed by atoms with Gasteiger partial charge in [-0.3, -0.25) is 10.1 Å². The number of nitro benzene ring substituents is 1. The van der Waals surface area contributed by atoms with Gasteiger partial charge in [-0.25, -0.2) is 18.1 Å². The van der Waals surface area contributed by atoms with E-state index in [1.165, 1.54) is 23.5 Å². The third kappa shape index (κ3) is 3.84. The predicted octanol–water partition coefficient (Wildman–Crippen LogP) is 3.03. The summed E-state index contributed by atoms with van der Waals surface area (Å²) in [6.45, 7) is 1.74. The Morgan fingerprint density at radius 1 is 1.24 bits per heavy atom. The van der Waals surface area contributed by atoms with Gasteiger partial charge in [-0.1, -0.05) is 18.2 Å². The molecule has 9 heteroatoms. The number of para-hydroxylation sites is 1. The highest BCUT2D eigenvalue weighted by Crippen LogP contribution is 2.23. The van der Waals surface area contributed by atoms with Gasteiger partial charge in [-0.2, -0.15) is 0 Å². The molecule has 0 aliphatic heterocycles. The van der Waals surface area contributed by atoms with E-state index in [0.717, 1.165) is 21.3 Å². The van der Waals surface area contributed by atoms with Crippen LogP contribution in [-0.4, -0.2) is 24.9 Å². The molecule has 0 unspecified atom stereocenters. The van der Waals surface area contributed by atoms with Crippen LogP contribution in [0.1, 0.15) is 10.6 Å². The SMILES string of the molecule is Cc1ccc(S(=O)(=O)NCCc2nc3ccccc3s2)cc1[N+](=O)[O-]. The number of nitrogens with one attached hydrogen (secondary N) is 1. The van der Waals surface area contributed by atoms with Crippen molar-refractivity contribution in [3.05, 3.63) is 63.1 Å². The lowest BCUT2D eigenvalue weighted by molar-refractivity contribution is -0.385. The maximum absolute atomic E-state index is 12.3. The monoisotopic (exact) mass is 377 g/mol. The van der Waals surface area contributed by atoms with E-state index >= 15 is 0 Å². The molecule has 25 heavy (non-hydrogen) atoms. The Balaban J connectivity index is 1.71. The topological polar surface area (TPSA) is 102 Å². The van der Waals surface area contributed by atoms with Crippen LogP contribution in [0, 0.1) is 17.0 Å². The largest absolute Gasteiger partial charge is 0.273 e. The first-order valence-electron chi connectivity index (χ1n) is 7.46. The Morgan fingerprint density at radius 2 is 2.00 bits per heavy atom. The number of sulfonamides is 1. The van der Waals surface area contributed by atoms with E-state index in [4.69, 9.17) is 0 Å². The van der Waals surface area contributed by atoms with Crippen LogP contribution in [0.2, 0.25) is 0 Å². The number of fused-ring (bicyclic) bond motifs is 1. The summed E-state index contributed by atoms with van der Waals surface area (Å²) < 4.78 is 28.2. The van der Waals surface area contributed by atoms with Crippen LogP contribution < -0.4 is 4.72 Å². The fraction of sp³-hybridized carbons (Fsp3) is 0.188. The van der Waals surface area contributed by atoms with Gasteiger partial charge in [0.05, 0.1) is 25.0 Å². The molecule has 0 atom stereocenters. The van der Waals surface area contributed by atoms with Crippen molar-refractivity contribution in [1.29, 1.82) is 0 Å². The zero-order valence-electron chi connectivity index (χ0n) is 13.3. The molecule has 0 radical (unpaired) electrons. The Labute approximate surface area is 148 Å². The number of hydrogen-bond donors (Lipinski definition) is 1. The van der Waals surface area contributed by atoms with Crippen molar-refractivity contribution in [3.8, 4) is 0 Å². The van der Waals surface area contributed by atoms with Gasteiger partial charge in [-0.05, 0) is 25.1 Å². The fourth-order valence-electron chi connectivity index (χ4n) is 2.36. The molecular formula is C16H15N3O4S2. The zero-order chi connectivity index (χ0) is 18.0. The minimum Gasteiger partial charge on any atom is -0.258 e. The molecule has 0 saturated carbocycles. The van der Waals surface area contributed by atoms with Crippen LogP contribution in [0.4, 0.5) is 5.69 Å². The Bertz CT molecular complexity index is 1010. The van der Waals surface area contributed by atoms with Gasteiger partial charge in [0.15, 0.2) is 0 Å². The summed E-state index contributed by atoms with van der Waals surface area (Å²) in [6.07, 6.45) is 0.451. The maximum atomic E-state index is 12.3. The second kappa shape index (κ2) is 6.87. The Hall–Kier alpha value is -2.36. The van der Waals surface area contributed by atoms with Crippen LogP contribution in [0.3, 0.4) is 0 Å². The van der Waals surface area contributed by atoms with E-state index in [2.05, 4.69) is 9.71 Å². The smallest absolute Gasteiger partial charge is 0.258 e. The molecule has 2 aromatic carbocycles. The molecule has 0 fully saturated rings. The van der Waals surface area contributed by atoms with Crippen LogP contribution in [0.15, 0.2) is 47.4 Å². The van der Waals surface area contributed by atoms with Crippen LogP contribution in [0.25, 0.3) is 10.2 Å². The van der Waals surface area contributed by atoms with E-state index in [1.807, 2.05) is 24.3 Å². The average molecular weight is 377 g/mol. The molecule has 1 aromatic heterocycles. The number of hydrogen-bond acceptors (Lipinski definition) is 6. The lowest BCUT2D eigenvalue weighted by Crippen LogP contribution is -2.26. The van der Waals surface area contributed by atoms with Crippen LogP contribution in [0.5, 0.6) is 0 Å². The van der Waals surface area contributed by atoms with E-state index in [0.29, 0.717) is 12.0 Å². The summed E-state index contributed by atoms with van der Waals surface area (Å²) in [4.78, 5) is 14.7. The molecular weight excluding hydrogens is 362 g/mol. The average Bonchev–Trinajstić information content (AvgIpc) is 2.97. The number of nitrogens with zero attached hydrogens (tertiary/aromatic N) is 2. The highest BCUT2D eigenvalue weighted by molar-refractivity contribution is 7.89. The van der Waals surface area contributed by atoms with Crippen molar-refractivity contribution in [2.24, 2.45) is 0 Å². The number of rotatable bonds is 6. The summed E-state index contributed by atoms with van der Waals surface area (Å²) in [6, 6.07) is 11.6. The Kier molecular flexibility index (Phi) is 4.80. The summed E-state index contributed by atoms with van der Waals surface area (Å²) in [5, 5.41) is 11.8. The van der Waals surface area contributed by atoms with Gasteiger partial charge < -0.3 is 0 Å². The molecule has 0 amide bonds. The summed E-state index contributed by atoms with van der Waals surface area (Å²) >= 11 is 1.52. The van der Waals surface area contributed by atoms with Crippen LogP contribution >= 0.6 is 11.3 Å². The number of nitro groups is 1. The first-order valence-corrected chi connectivity index (χ1v) is 9.76. The van der Waals surface area contributed by atoms with E-state index in [1.54, 1.807) is 6.92 Å². The molecule has 3 rings (SSSR count). The van der Waals surface area contributed by atoms with Crippen molar-refractivity contribution < 1.29 is 13.3 Å². The van der Waals surface area contributed by atoms with Gasteiger partial charge in [0.1, 0.15) is 0 Å². The van der Waals surface area contributed by atoms with Crippen molar-refractivity contribution in [2.45, 2.75) is 18.2 Å². The summed E-state index contributed by atoms with van der Waals surface area (Å²) in [5.74, 6) is 0. The molecule has 0 aliphatic rings. The molecule has 7 nitrogen and oxygen atoms in total. The van der Waals surface area contributed by atoms with Crippen molar-refractivity contribution in [1.82, 2.24) is 9.71 Å². The quantitative estimate of drug-likeness (QED) is 0.525. The highest BCUT2D eigenvalue weighted by Gasteiger charge is 2.19. The molecule has 3 aromatic rings. The third-order valence-corrected chi connectivity index (χ3v) is 6.21. The maximum Gasteiger partial charge on any atom is 0.273 e. The van der Waals surface area contributed by atoms with E-state index in [-0.39, 0.29) is 17.1 Å². The Morgan fingerprint density at radius 3 is 2.72 bits per heavy atom. The fourth-order valence-corrected chi connectivity index (χ4v) is 4.37. The lowest BCUT2D eigenvalue weighted by atomic mass is 10.2. The molecule has 130 valence electrons. The van der Waals surface area contributed by atoms with Crippen molar-refractivity contribution in [3.63, 3.8) is 0 Å².